The van der Waals surface area contributed by atoms with Crippen molar-refractivity contribution >= 4 is 0 Å². The van der Waals surface area contributed by atoms with E-state index in [1.807, 2.05) is 7.05 Å². The number of rotatable bonds is 1. The highest BCUT2D eigenvalue weighted by Gasteiger charge is 2.59. The van der Waals surface area contributed by atoms with Gasteiger partial charge in [0, 0.05) is 20.0 Å². The Labute approximate surface area is 107 Å². The first-order valence-corrected chi connectivity index (χ1v) is 6.42. The van der Waals surface area contributed by atoms with Crippen LogP contribution in [-0.4, -0.2) is 45.7 Å². The van der Waals surface area contributed by atoms with Crippen molar-refractivity contribution < 1.29 is 9.47 Å². The van der Waals surface area contributed by atoms with Gasteiger partial charge in [-0.25, -0.2) is 4.98 Å². The summed E-state index contributed by atoms with van der Waals surface area (Å²) in [5, 5.41) is 7.92. The van der Waals surface area contributed by atoms with Crippen LogP contribution in [0.1, 0.15) is 32.1 Å². The lowest BCUT2D eigenvalue weighted by molar-refractivity contribution is -0.173. The van der Waals surface area contributed by atoms with Gasteiger partial charge in [0.05, 0.1) is 18.8 Å². The summed E-state index contributed by atoms with van der Waals surface area (Å²) in [4.78, 5) is 4.38. The molecule has 1 aromatic heterocycles. The van der Waals surface area contributed by atoms with E-state index in [-0.39, 0.29) is 17.2 Å². The fourth-order valence-electron chi connectivity index (χ4n) is 3.09. The van der Waals surface area contributed by atoms with E-state index in [0.717, 1.165) is 25.4 Å². The zero-order valence-electron chi connectivity index (χ0n) is 11.1. The molecule has 6 heteroatoms. The molecule has 0 aliphatic carbocycles. The fourth-order valence-corrected chi connectivity index (χ4v) is 3.09. The molecule has 2 aliphatic rings. The van der Waals surface area contributed by atoms with Crippen molar-refractivity contribution in [2.24, 2.45) is 7.05 Å². The fraction of sp³-hybridized carbons (Fsp3) is 0.833. The predicted molar refractivity (Wildman–Crippen MR) is 65.1 cm³/mol. The van der Waals surface area contributed by atoms with E-state index < -0.39 is 0 Å². The molecule has 18 heavy (non-hydrogen) atoms. The van der Waals surface area contributed by atoms with Crippen LogP contribution in [0, 0.1) is 0 Å². The molecule has 0 aromatic carbocycles. The average Bonchev–Trinajstić information content (AvgIpc) is 2.86. The minimum Gasteiger partial charge on any atom is -0.372 e. The summed E-state index contributed by atoms with van der Waals surface area (Å²) in [5.74, 6) is 0.788. The lowest BCUT2D eigenvalue weighted by Crippen LogP contribution is -2.61. The number of aryl methyl sites for hydroxylation is 1. The molecule has 2 aliphatic heterocycles. The molecule has 6 nitrogen and oxygen atoms in total. The van der Waals surface area contributed by atoms with Crippen molar-refractivity contribution in [2.75, 3.05) is 19.8 Å². The van der Waals surface area contributed by atoms with Gasteiger partial charge < -0.3 is 14.8 Å². The monoisotopic (exact) mass is 252 g/mol. The Kier molecular flexibility index (Phi) is 2.69. The van der Waals surface area contributed by atoms with Gasteiger partial charge in [-0.15, -0.1) is 0 Å². The molecule has 0 amide bonds. The van der Waals surface area contributed by atoms with Crippen LogP contribution in [0.25, 0.3) is 0 Å². The first-order chi connectivity index (χ1) is 8.55. The first-order valence-electron chi connectivity index (χ1n) is 6.42. The normalized spacial score (nSPS) is 35.2. The Balaban J connectivity index is 2.00. The summed E-state index contributed by atoms with van der Waals surface area (Å²) in [5.41, 5.74) is -0.698. The van der Waals surface area contributed by atoms with E-state index in [0.29, 0.717) is 6.61 Å². The van der Waals surface area contributed by atoms with E-state index in [1.165, 1.54) is 0 Å². The molecule has 0 saturated carbocycles. The summed E-state index contributed by atoms with van der Waals surface area (Å²) >= 11 is 0. The Hall–Kier alpha value is -0.980. The van der Waals surface area contributed by atoms with Crippen molar-refractivity contribution in [1.29, 1.82) is 0 Å². The third-order valence-electron chi connectivity index (χ3n) is 4.11. The van der Waals surface area contributed by atoms with Gasteiger partial charge in [-0.2, -0.15) is 5.10 Å². The molecule has 3 heterocycles. The van der Waals surface area contributed by atoms with Gasteiger partial charge in [0.2, 0.25) is 0 Å². The lowest BCUT2D eigenvalue weighted by atomic mass is 9.77. The van der Waals surface area contributed by atoms with Crippen LogP contribution in [0.15, 0.2) is 6.33 Å². The van der Waals surface area contributed by atoms with Crippen LogP contribution >= 0.6 is 0 Å². The molecule has 2 saturated heterocycles. The Bertz CT molecular complexity index is 445. The van der Waals surface area contributed by atoms with Gasteiger partial charge in [-0.05, 0) is 13.8 Å². The maximum absolute atomic E-state index is 6.14. The molecule has 0 bridgehead atoms. The van der Waals surface area contributed by atoms with Gasteiger partial charge in [0.15, 0.2) is 5.82 Å². The molecule has 2 fully saturated rings. The number of morpholine rings is 1. The standard InChI is InChI=1S/C12H20N4O2/c1-11(2)12(4-6-17-11)9(13-5-7-18-12)10-14-8-16(3)15-10/h8-9,13H,4-7H2,1-3H3. The molecule has 3 rings (SSSR count). The van der Waals surface area contributed by atoms with Gasteiger partial charge in [-0.3, -0.25) is 4.68 Å². The molecule has 2 unspecified atom stereocenters. The summed E-state index contributed by atoms with van der Waals surface area (Å²) in [6, 6.07) is -0.00931. The maximum atomic E-state index is 6.14. The molecule has 100 valence electrons. The number of aromatic nitrogens is 3. The molecule has 1 aromatic rings. The Morgan fingerprint density at radius 1 is 1.39 bits per heavy atom. The van der Waals surface area contributed by atoms with E-state index in [4.69, 9.17) is 9.47 Å². The quantitative estimate of drug-likeness (QED) is 0.784. The third-order valence-corrected chi connectivity index (χ3v) is 4.11. The van der Waals surface area contributed by atoms with Crippen LogP contribution in [0.5, 0.6) is 0 Å². The molecular weight excluding hydrogens is 232 g/mol. The minimum absolute atomic E-state index is 0.00931. The van der Waals surface area contributed by atoms with Crippen molar-refractivity contribution in [3.63, 3.8) is 0 Å². The van der Waals surface area contributed by atoms with E-state index >= 15 is 0 Å². The van der Waals surface area contributed by atoms with Crippen LogP contribution < -0.4 is 5.32 Å². The van der Waals surface area contributed by atoms with Crippen LogP contribution in [-0.2, 0) is 16.5 Å². The maximum Gasteiger partial charge on any atom is 0.170 e. The highest BCUT2D eigenvalue weighted by atomic mass is 16.6. The minimum atomic E-state index is -0.368. The van der Waals surface area contributed by atoms with Crippen molar-refractivity contribution in [2.45, 2.75) is 37.5 Å². The van der Waals surface area contributed by atoms with Crippen molar-refractivity contribution in [1.82, 2.24) is 20.1 Å². The average molecular weight is 252 g/mol. The molecule has 0 radical (unpaired) electrons. The van der Waals surface area contributed by atoms with Crippen molar-refractivity contribution in [3.05, 3.63) is 12.2 Å². The summed E-state index contributed by atoms with van der Waals surface area (Å²) < 4.78 is 13.7. The van der Waals surface area contributed by atoms with E-state index in [2.05, 4.69) is 29.2 Å². The molecule has 1 spiro atoms. The zero-order chi connectivity index (χ0) is 12.8. The van der Waals surface area contributed by atoms with Gasteiger partial charge in [-0.1, -0.05) is 0 Å². The van der Waals surface area contributed by atoms with Gasteiger partial charge >= 0.3 is 0 Å². The smallest absolute Gasteiger partial charge is 0.170 e. The second-order valence-electron chi connectivity index (χ2n) is 5.51. The first kappa shape index (κ1) is 12.1. The predicted octanol–water partition coefficient (Wildman–Crippen LogP) is 0.414. The van der Waals surface area contributed by atoms with Gasteiger partial charge in [0.1, 0.15) is 18.0 Å². The summed E-state index contributed by atoms with van der Waals surface area (Å²) in [7, 11) is 1.88. The zero-order valence-corrected chi connectivity index (χ0v) is 11.1. The van der Waals surface area contributed by atoms with Crippen LogP contribution in [0.3, 0.4) is 0 Å². The van der Waals surface area contributed by atoms with E-state index in [9.17, 15) is 0 Å². The van der Waals surface area contributed by atoms with Crippen LogP contribution in [0.2, 0.25) is 0 Å². The molecule has 1 N–H and O–H groups in total. The van der Waals surface area contributed by atoms with Crippen LogP contribution in [0.4, 0.5) is 0 Å². The largest absolute Gasteiger partial charge is 0.372 e. The molecular formula is C12H20N4O2. The van der Waals surface area contributed by atoms with Crippen molar-refractivity contribution in [3.8, 4) is 0 Å². The SMILES string of the molecule is Cn1cnc(C2NCCOC23CCOC3(C)C)n1. The lowest BCUT2D eigenvalue weighted by Gasteiger charge is -2.47. The summed E-state index contributed by atoms with van der Waals surface area (Å²) in [6.07, 6.45) is 2.60. The summed E-state index contributed by atoms with van der Waals surface area (Å²) in [6.45, 7) is 6.42. The van der Waals surface area contributed by atoms with Gasteiger partial charge in [0.25, 0.3) is 0 Å². The Morgan fingerprint density at radius 3 is 2.83 bits per heavy atom. The highest BCUT2D eigenvalue weighted by molar-refractivity contribution is 5.15. The third kappa shape index (κ3) is 1.60. The highest BCUT2D eigenvalue weighted by Crippen LogP contribution is 2.47. The molecule has 2 atom stereocenters. The second kappa shape index (κ2) is 4.01. The topological polar surface area (TPSA) is 61.2 Å². The number of hydrogen-bond donors (Lipinski definition) is 1. The van der Waals surface area contributed by atoms with E-state index in [1.54, 1.807) is 11.0 Å². The number of nitrogens with one attached hydrogen (secondary N) is 1. The number of ether oxygens (including phenoxy) is 2. The second-order valence-corrected chi connectivity index (χ2v) is 5.51. The number of hydrogen-bond acceptors (Lipinski definition) is 5. The Morgan fingerprint density at radius 2 is 2.22 bits per heavy atom. The number of nitrogens with zero attached hydrogens (tertiary/aromatic N) is 3.